The van der Waals surface area contributed by atoms with Crippen molar-refractivity contribution in [1.82, 2.24) is 24.6 Å². The number of amides is 2. The van der Waals surface area contributed by atoms with Crippen LogP contribution in [0.15, 0.2) is 6.07 Å². The summed E-state index contributed by atoms with van der Waals surface area (Å²) in [5.74, 6) is -0.297. The average Bonchev–Trinajstić information content (AvgIpc) is 2.95. The van der Waals surface area contributed by atoms with Crippen molar-refractivity contribution in [3.63, 3.8) is 0 Å². The molecule has 0 radical (unpaired) electrons. The molecular formula is C18H22F3N5O3. The summed E-state index contributed by atoms with van der Waals surface area (Å²) in [5, 5.41) is 4.04. The second-order valence-electron chi connectivity index (χ2n) is 6.82. The molecule has 3 heterocycles. The van der Waals surface area contributed by atoms with E-state index in [1.807, 2.05) is 0 Å². The Morgan fingerprint density at radius 2 is 1.76 bits per heavy atom. The zero-order valence-corrected chi connectivity index (χ0v) is 16.4. The van der Waals surface area contributed by atoms with Crippen LogP contribution in [0.2, 0.25) is 0 Å². The third-order valence-corrected chi connectivity index (χ3v) is 4.75. The van der Waals surface area contributed by atoms with Gasteiger partial charge in [0.15, 0.2) is 5.65 Å². The van der Waals surface area contributed by atoms with E-state index < -0.39 is 17.8 Å². The molecule has 29 heavy (non-hydrogen) atoms. The molecular weight excluding hydrogens is 391 g/mol. The molecule has 8 nitrogen and oxygen atoms in total. The SMILES string of the molecule is CCOC(=O)N1CCN(C(=O)Cn2nc(C)c3c(C(F)(F)F)cc(C)nc32)CC1. The number of carbonyl (C=O) groups is 2. The van der Waals surface area contributed by atoms with Crippen molar-refractivity contribution < 1.29 is 27.5 Å². The highest BCUT2D eigenvalue weighted by atomic mass is 19.4. The van der Waals surface area contributed by atoms with E-state index in [4.69, 9.17) is 4.74 Å². The van der Waals surface area contributed by atoms with Crippen molar-refractivity contribution in [2.24, 2.45) is 0 Å². The molecule has 0 aliphatic carbocycles. The topological polar surface area (TPSA) is 80.6 Å². The highest BCUT2D eigenvalue weighted by Crippen LogP contribution is 2.36. The van der Waals surface area contributed by atoms with E-state index in [9.17, 15) is 22.8 Å². The standard InChI is InChI=1S/C18H22F3N5O3/c1-4-29-17(28)25-7-5-24(6-8-25)14(27)10-26-16-15(12(3)23-26)13(18(19,20)21)9-11(2)22-16/h9H,4-8,10H2,1-3H3. The summed E-state index contributed by atoms with van der Waals surface area (Å²) in [5.41, 5.74) is -0.409. The summed E-state index contributed by atoms with van der Waals surface area (Å²) in [7, 11) is 0. The van der Waals surface area contributed by atoms with Crippen LogP contribution < -0.4 is 0 Å². The van der Waals surface area contributed by atoms with Crippen LogP contribution in [0.1, 0.15) is 23.9 Å². The van der Waals surface area contributed by atoms with Gasteiger partial charge in [0.2, 0.25) is 5.91 Å². The first-order chi connectivity index (χ1) is 13.6. The second-order valence-corrected chi connectivity index (χ2v) is 6.82. The number of ether oxygens (including phenoxy) is 1. The largest absolute Gasteiger partial charge is 0.450 e. The van der Waals surface area contributed by atoms with Crippen LogP contribution in [0.4, 0.5) is 18.0 Å². The van der Waals surface area contributed by atoms with E-state index in [1.54, 1.807) is 11.8 Å². The number of aromatic nitrogens is 3. The lowest BCUT2D eigenvalue weighted by Gasteiger charge is -2.34. The number of hydrogen-bond donors (Lipinski definition) is 0. The monoisotopic (exact) mass is 413 g/mol. The van der Waals surface area contributed by atoms with E-state index in [0.29, 0.717) is 26.2 Å². The number of rotatable bonds is 3. The maximum Gasteiger partial charge on any atom is 0.417 e. The van der Waals surface area contributed by atoms with Gasteiger partial charge in [-0.2, -0.15) is 18.3 Å². The molecule has 0 bridgehead atoms. The first kappa shape index (κ1) is 20.9. The average molecular weight is 413 g/mol. The summed E-state index contributed by atoms with van der Waals surface area (Å²) < 4.78 is 46.4. The molecule has 1 fully saturated rings. The lowest BCUT2D eigenvalue weighted by molar-refractivity contribution is -0.136. The summed E-state index contributed by atoms with van der Waals surface area (Å²) >= 11 is 0. The Bertz CT molecular complexity index is 933. The highest BCUT2D eigenvalue weighted by Gasteiger charge is 2.35. The van der Waals surface area contributed by atoms with Gasteiger partial charge >= 0.3 is 12.3 Å². The summed E-state index contributed by atoms with van der Waals surface area (Å²) in [6, 6.07) is 0.984. The Balaban J connectivity index is 1.78. The van der Waals surface area contributed by atoms with Gasteiger partial charge < -0.3 is 14.5 Å². The van der Waals surface area contributed by atoms with Gasteiger partial charge in [-0.15, -0.1) is 0 Å². The molecule has 158 valence electrons. The van der Waals surface area contributed by atoms with Crippen LogP contribution in [0.25, 0.3) is 11.0 Å². The highest BCUT2D eigenvalue weighted by molar-refractivity contribution is 5.85. The van der Waals surface area contributed by atoms with Gasteiger partial charge in [-0.05, 0) is 26.8 Å². The van der Waals surface area contributed by atoms with Gasteiger partial charge in [0.25, 0.3) is 0 Å². The lowest BCUT2D eigenvalue weighted by Crippen LogP contribution is -2.51. The molecule has 0 saturated carbocycles. The number of aryl methyl sites for hydroxylation is 2. The Morgan fingerprint density at radius 1 is 1.14 bits per heavy atom. The van der Waals surface area contributed by atoms with Crippen LogP contribution >= 0.6 is 0 Å². The number of piperazine rings is 1. The maximum absolute atomic E-state index is 13.4. The number of nitrogens with zero attached hydrogens (tertiary/aromatic N) is 5. The first-order valence-electron chi connectivity index (χ1n) is 9.23. The zero-order valence-electron chi connectivity index (χ0n) is 16.4. The fourth-order valence-electron chi connectivity index (χ4n) is 3.39. The van der Waals surface area contributed by atoms with Crippen LogP contribution in [0.3, 0.4) is 0 Å². The molecule has 0 atom stereocenters. The Hall–Kier alpha value is -2.85. The van der Waals surface area contributed by atoms with Gasteiger partial charge in [0.1, 0.15) is 6.54 Å². The summed E-state index contributed by atoms with van der Waals surface area (Å²) in [4.78, 5) is 31.7. The van der Waals surface area contributed by atoms with E-state index in [0.717, 1.165) is 6.07 Å². The molecule has 2 amide bonds. The maximum atomic E-state index is 13.4. The van der Waals surface area contributed by atoms with E-state index >= 15 is 0 Å². The second kappa shape index (κ2) is 7.88. The van der Waals surface area contributed by atoms with Gasteiger partial charge in [0.05, 0.1) is 23.3 Å². The molecule has 3 rings (SSSR count). The number of hydrogen-bond acceptors (Lipinski definition) is 5. The number of fused-ring (bicyclic) bond motifs is 1. The molecule has 0 unspecified atom stereocenters. The first-order valence-corrected chi connectivity index (χ1v) is 9.23. The molecule has 0 aromatic carbocycles. The fourth-order valence-corrected chi connectivity index (χ4v) is 3.39. The Labute approximate surface area is 165 Å². The third-order valence-electron chi connectivity index (χ3n) is 4.75. The molecule has 11 heteroatoms. The van der Waals surface area contributed by atoms with E-state index in [-0.39, 0.29) is 41.5 Å². The summed E-state index contributed by atoms with van der Waals surface area (Å²) in [6.45, 7) is 6.00. The summed E-state index contributed by atoms with van der Waals surface area (Å²) in [6.07, 6.45) is -4.97. The van der Waals surface area contributed by atoms with Crippen LogP contribution in [0, 0.1) is 13.8 Å². The number of halogens is 3. The smallest absolute Gasteiger partial charge is 0.417 e. The molecule has 0 N–H and O–H groups in total. The molecule has 0 spiro atoms. The minimum Gasteiger partial charge on any atom is -0.450 e. The van der Waals surface area contributed by atoms with E-state index in [1.165, 1.54) is 23.4 Å². The van der Waals surface area contributed by atoms with Gasteiger partial charge in [-0.3, -0.25) is 4.79 Å². The van der Waals surface area contributed by atoms with E-state index in [2.05, 4.69) is 10.1 Å². The lowest BCUT2D eigenvalue weighted by atomic mass is 10.1. The molecule has 2 aromatic rings. The normalized spacial score (nSPS) is 15.1. The molecule has 2 aromatic heterocycles. The number of alkyl halides is 3. The minimum atomic E-state index is -4.54. The van der Waals surface area contributed by atoms with Gasteiger partial charge in [0, 0.05) is 31.9 Å². The molecule has 1 aliphatic rings. The Morgan fingerprint density at radius 3 is 2.34 bits per heavy atom. The molecule has 1 aliphatic heterocycles. The van der Waals surface area contributed by atoms with Crippen molar-refractivity contribution in [2.75, 3.05) is 32.8 Å². The van der Waals surface area contributed by atoms with Crippen molar-refractivity contribution in [1.29, 1.82) is 0 Å². The van der Waals surface area contributed by atoms with Crippen LogP contribution in [-0.2, 0) is 22.3 Å². The number of carbonyl (C=O) groups excluding carboxylic acids is 2. The predicted octanol–water partition coefficient (Wildman–Crippen LogP) is 2.37. The predicted molar refractivity (Wildman–Crippen MR) is 97.2 cm³/mol. The van der Waals surface area contributed by atoms with Crippen LogP contribution in [-0.4, -0.2) is 69.4 Å². The van der Waals surface area contributed by atoms with Crippen LogP contribution in [0.5, 0.6) is 0 Å². The number of pyridine rings is 1. The quantitative estimate of drug-likeness (QED) is 0.772. The third kappa shape index (κ3) is 4.28. The van der Waals surface area contributed by atoms with Crippen molar-refractivity contribution in [3.8, 4) is 0 Å². The minimum absolute atomic E-state index is 0.0355. The zero-order chi connectivity index (χ0) is 21.3. The van der Waals surface area contributed by atoms with Crippen molar-refractivity contribution in [3.05, 3.63) is 23.0 Å². The Kier molecular flexibility index (Phi) is 5.67. The molecule has 1 saturated heterocycles. The van der Waals surface area contributed by atoms with Crippen molar-refractivity contribution in [2.45, 2.75) is 33.5 Å². The van der Waals surface area contributed by atoms with Crippen molar-refractivity contribution >= 4 is 23.0 Å². The van der Waals surface area contributed by atoms with Gasteiger partial charge in [-0.25, -0.2) is 14.5 Å². The van der Waals surface area contributed by atoms with Gasteiger partial charge in [-0.1, -0.05) is 0 Å². The fraction of sp³-hybridized carbons (Fsp3) is 0.556.